The molecule has 0 spiro atoms. The van der Waals surface area contributed by atoms with Crippen molar-refractivity contribution in [3.63, 3.8) is 0 Å². The van der Waals surface area contributed by atoms with Gasteiger partial charge in [-0.05, 0) is 93.1 Å². The highest BCUT2D eigenvalue weighted by Gasteiger charge is 2.31. The lowest BCUT2D eigenvalue weighted by Gasteiger charge is -2.26. The number of fused-ring (bicyclic) bond motifs is 9. The van der Waals surface area contributed by atoms with Crippen molar-refractivity contribution in [2.75, 3.05) is 0 Å². The van der Waals surface area contributed by atoms with Gasteiger partial charge in [0.15, 0.2) is 5.82 Å². The van der Waals surface area contributed by atoms with E-state index < -0.39 is 0 Å². The zero-order valence-corrected chi connectivity index (χ0v) is 35.4. The van der Waals surface area contributed by atoms with Crippen molar-refractivity contribution in [3.8, 4) is 51.7 Å². The molecular weight excluding hydrogens is 781 g/mol. The van der Waals surface area contributed by atoms with Crippen LogP contribution in [0.3, 0.4) is 0 Å². The largest absolute Gasteiger partial charge is 0.306 e. The molecular formula is C58H38N6. The Hall–Kier alpha value is -8.71. The van der Waals surface area contributed by atoms with Crippen molar-refractivity contribution in [1.29, 1.82) is 10.5 Å². The maximum atomic E-state index is 10.7. The normalized spacial score (nSPS) is 11.6. The van der Waals surface area contributed by atoms with E-state index >= 15 is 0 Å². The summed E-state index contributed by atoms with van der Waals surface area (Å²) in [4.78, 5) is 6.05. The van der Waals surface area contributed by atoms with Crippen LogP contribution in [0.2, 0.25) is 0 Å². The fraction of sp³-hybridized carbons (Fsp3) is 0.0517. The van der Waals surface area contributed by atoms with Gasteiger partial charge < -0.3 is 9.13 Å². The maximum Gasteiger partial charge on any atom is 0.163 e. The third-order valence-electron chi connectivity index (χ3n) is 12.9. The summed E-state index contributed by atoms with van der Waals surface area (Å²) in [6, 6.07) is 66.6. The van der Waals surface area contributed by atoms with Crippen LogP contribution < -0.4 is 0 Å². The standard InChI is InChI=1S/C58H38N6/c1-35-21-26-51-45(29-35)42-15-7-10-18-48(42)62(51)56-54(39-24-25-40(33-59)41(32-39)34-60)57(63-49-19-11-8-16-43(49)46-30-36(2)22-27-52(46)63)58(61-55(56)38-13-5-4-6-14-38)64-50-20-12-9-17-44(50)47-31-37(3)23-28-53(47)64/h4-32H,1-3H3. The average Bonchev–Trinajstić information content (AvgIpc) is 3.95. The van der Waals surface area contributed by atoms with E-state index in [1.807, 2.05) is 18.2 Å². The molecule has 4 heterocycles. The van der Waals surface area contributed by atoms with Crippen LogP contribution in [0.4, 0.5) is 0 Å². The molecule has 0 aliphatic heterocycles. The average molecular weight is 819 g/mol. The van der Waals surface area contributed by atoms with Gasteiger partial charge in [-0.15, -0.1) is 0 Å². The van der Waals surface area contributed by atoms with Crippen LogP contribution in [0.5, 0.6) is 0 Å². The molecule has 64 heavy (non-hydrogen) atoms. The summed E-state index contributed by atoms with van der Waals surface area (Å²) in [7, 11) is 0. The van der Waals surface area contributed by atoms with Crippen LogP contribution in [0.15, 0.2) is 176 Å². The first kappa shape index (κ1) is 37.1. The van der Waals surface area contributed by atoms with Crippen molar-refractivity contribution in [3.05, 3.63) is 204 Å². The number of aromatic nitrogens is 4. The molecule has 0 N–H and O–H groups in total. The zero-order valence-electron chi connectivity index (χ0n) is 35.4. The summed E-state index contributed by atoms with van der Waals surface area (Å²) in [6.07, 6.45) is 0. The molecule has 0 radical (unpaired) electrons. The smallest absolute Gasteiger partial charge is 0.163 e. The first-order valence-electron chi connectivity index (χ1n) is 21.5. The lowest BCUT2D eigenvalue weighted by atomic mass is 9.94. The Labute approximate surface area is 369 Å². The molecule has 0 unspecified atom stereocenters. The second-order valence-electron chi connectivity index (χ2n) is 16.8. The third kappa shape index (κ3) is 5.40. The Kier molecular flexibility index (Phi) is 8.21. The van der Waals surface area contributed by atoms with Crippen LogP contribution >= 0.6 is 0 Å². The Bertz CT molecular complexity index is 4020. The summed E-state index contributed by atoms with van der Waals surface area (Å²) in [5.41, 5.74) is 15.4. The van der Waals surface area contributed by atoms with Crippen molar-refractivity contribution in [1.82, 2.24) is 18.7 Å². The Morgan fingerprint density at radius 3 is 1.33 bits per heavy atom. The van der Waals surface area contributed by atoms with E-state index in [2.05, 4.69) is 198 Å². The lowest BCUT2D eigenvalue weighted by molar-refractivity contribution is 1.01. The molecule has 0 bridgehead atoms. The van der Waals surface area contributed by atoms with Gasteiger partial charge in [-0.1, -0.05) is 126 Å². The van der Waals surface area contributed by atoms with Gasteiger partial charge in [0, 0.05) is 43.4 Å². The Morgan fingerprint density at radius 2 is 0.812 bits per heavy atom. The molecule has 0 atom stereocenters. The predicted molar refractivity (Wildman–Crippen MR) is 262 cm³/mol. The number of para-hydroxylation sites is 3. The van der Waals surface area contributed by atoms with Crippen LogP contribution in [0.1, 0.15) is 27.8 Å². The molecule has 0 saturated carbocycles. The van der Waals surface area contributed by atoms with Crippen molar-refractivity contribution in [2.24, 2.45) is 0 Å². The van der Waals surface area contributed by atoms with Gasteiger partial charge in [0.1, 0.15) is 12.1 Å². The summed E-state index contributed by atoms with van der Waals surface area (Å²) < 4.78 is 7.09. The van der Waals surface area contributed by atoms with Gasteiger partial charge in [0.05, 0.1) is 61.3 Å². The van der Waals surface area contributed by atoms with Crippen molar-refractivity contribution < 1.29 is 0 Å². The molecule has 6 nitrogen and oxygen atoms in total. The van der Waals surface area contributed by atoms with Gasteiger partial charge in [0.2, 0.25) is 0 Å². The molecule has 12 rings (SSSR count). The van der Waals surface area contributed by atoms with Crippen LogP contribution in [0.25, 0.3) is 105 Å². The first-order valence-corrected chi connectivity index (χ1v) is 21.5. The number of aryl methyl sites for hydroxylation is 3. The number of pyridine rings is 1. The summed E-state index contributed by atoms with van der Waals surface area (Å²) in [5.74, 6) is 0.732. The van der Waals surface area contributed by atoms with E-state index in [4.69, 9.17) is 4.98 Å². The molecule has 0 saturated heterocycles. The van der Waals surface area contributed by atoms with Gasteiger partial charge >= 0.3 is 0 Å². The van der Waals surface area contributed by atoms with Crippen molar-refractivity contribution in [2.45, 2.75) is 20.8 Å². The van der Waals surface area contributed by atoms with E-state index in [0.717, 1.165) is 111 Å². The lowest BCUT2D eigenvalue weighted by Crippen LogP contribution is -2.13. The highest BCUT2D eigenvalue weighted by Crippen LogP contribution is 2.49. The number of hydrogen-bond acceptors (Lipinski definition) is 3. The minimum Gasteiger partial charge on any atom is -0.306 e. The first-order chi connectivity index (χ1) is 31.4. The van der Waals surface area contributed by atoms with Crippen molar-refractivity contribution >= 4 is 65.4 Å². The van der Waals surface area contributed by atoms with E-state index in [0.29, 0.717) is 11.1 Å². The minimum atomic E-state index is 0.305. The highest BCUT2D eigenvalue weighted by atomic mass is 15.1. The quantitative estimate of drug-likeness (QED) is 0.174. The fourth-order valence-corrected chi connectivity index (χ4v) is 10.1. The SMILES string of the molecule is Cc1ccc2c(c1)c1ccccc1n2-c1nc(-c2ccccc2)c(-n2c3ccccc3c3cc(C)ccc32)c(-c2ccc(C#N)c(C#N)c2)c1-n1c2ccccc2c2cc(C)ccc21. The molecule has 300 valence electrons. The second kappa shape index (κ2) is 14.2. The molecule has 6 heteroatoms. The third-order valence-corrected chi connectivity index (χ3v) is 12.9. The van der Waals surface area contributed by atoms with E-state index in [1.54, 1.807) is 6.07 Å². The van der Waals surface area contributed by atoms with Crippen LogP contribution in [0, 0.1) is 43.4 Å². The van der Waals surface area contributed by atoms with E-state index in [-0.39, 0.29) is 0 Å². The van der Waals surface area contributed by atoms with E-state index in [9.17, 15) is 10.5 Å². The summed E-state index contributed by atoms with van der Waals surface area (Å²) in [5, 5.41) is 27.8. The topological polar surface area (TPSA) is 75.3 Å². The monoisotopic (exact) mass is 818 g/mol. The van der Waals surface area contributed by atoms with Gasteiger partial charge in [-0.2, -0.15) is 10.5 Å². The number of hydrogen-bond donors (Lipinski definition) is 0. The van der Waals surface area contributed by atoms with Crippen LogP contribution in [-0.4, -0.2) is 18.7 Å². The molecule has 4 aromatic heterocycles. The van der Waals surface area contributed by atoms with Crippen LogP contribution in [-0.2, 0) is 0 Å². The van der Waals surface area contributed by atoms with Gasteiger partial charge in [-0.3, -0.25) is 4.57 Å². The van der Waals surface area contributed by atoms with Gasteiger partial charge in [0.25, 0.3) is 0 Å². The number of rotatable bonds is 5. The predicted octanol–water partition coefficient (Wildman–Crippen LogP) is 14.4. The summed E-state index contributed by atoms with van der Waals surface area (Å²) in [6.45, 7) is 6.42. The minimum absolute atomic E-state index is 0.305. The maximum absolute atomic E-state index is 10.7. The molecule has 0 fully saturated rings. The number of benzene rings is 8. The molecule has 0 aliphatic rings. The Balaban J connectivity index is 1.42. The number of nitriles is 2. The zero-order chi connectivity index (χ0) is 43.2. The molecule has 0 aliphatic carbocycles. The second-order valence-corrected chi connectivity index (χ2v) is 16.8. The fourth-order valence-electron chi connectivity index (χ4n) is 10.1. The molecule has 0 amide bonds. The Morgan fingerprint density at radius 1 is 0.375 bits per heavy atom. The molecule has 12 aromatic rings. The van der Waals surface area contributed by atoms with Gasteiger partial charge in [-0.25, -0.2) is 4.98 Å². The summed E-state index contributed by atoms with van der Waals surface area (Å²) >= 11 is 0. The highest BCUT2D eigenvalue weighted by molar-refractivity contribution is 6.15. The number of nitrogens with zero attached hydrogens (tertiary/aromatic N) is 6. The molecule has 8 aromatic carbocycles. The van der Waals surface area contributed by atoms with E-state index in [1.165, 1.54) is 11.1 Å².